The molecule has 1 atom stereocenters. The van der Waals surface area contributed by atoms with Gasteiger partial charge in [-0.2, -0.15) is 0 Å². The van der Waals surface area contributed by atoms with Gasteiger partial charge in [0, 0.05) is 12.8 Å². The minimum absolute atomic E-state index is 0.0649. The minimum atomic E-state index is -0.693. The summed E-state index contributed by atoms with van der Waals surface area (Å²) in [5.74, 6) is -0.809. The fourth-order valence-electron chi connectivity index (χ4n) is 3.65. The number of esters is 1. The number of hydrogen-bond donors (Lipinski definition) is 2. The van der Waals surface area contributed by atoms with Crippen LogP contribution in [0.1, 0.15) is 131 Å². The van der Waals surface area contributed by atoms with Crippen molar-refractivity contribution in [3.05, 3.63) is 0 Å². The molecule has 0 aliphatic carbocycles. The summed E-state index contributed by atoms with van der Waals surface area (Å²) < 4.78 is 5.46. The number of aliphatic carboxylic acids is 1. The summed E-state index contributed by atoms with van der Waals surface area (Å²) in [7, 11) is 0. The van der Waals surface area contributed by atoms with E-state index in [-0.39, 0.29) is 11.9 Å². The SMILES string of the molecule is CC(C)CC(NC(=O)CCCCCCCCCCCCCCC(=O)O)C(=O)OC(C)(C)C. The van der Waals surface area contributed by atoms with Gasteiger partial charge in [-0.3, -0.25) is 9.59 Å². The zero-order valence-corrected chi connectivity index (χ0v) is 21.3. The van der Waals surface area contributed by atoms with E-state index in [0.717, 1.165) is 38.5 Å². The van der Waals surface area contributed by atoms with Crippen LogP contribution in [0.4, 0.5) is 0 Å². The second-order valence-corrected chi connectivity index (χ2v) is 10.4. The molecule has 0 radical (unpaired) electrons. The van der Waals surface area contributed by atoms with E-state index in [2.05, 4.69) is 5.32 Å². The number of carboxylic acid groups (broad SMARTS) is 1. The van der Waals surface area contributed by atoms with Crippen molar-refractivity contribution in [3.63, 3.8) is 0 Å². The molecule has 0 heterocycles. The average molecular weight is 456 g/mol. The second-order valence-electron chi connectivity index (χ2n) is 10.4. The van der Waals surface area contributed by atoms with Crippen LogP contribution >= 0.6 is 0 Å². The van der Waals surface area contributed by atoms with E-state index in [1.807, 2.05) is 34.6 Å². The standard InChI is InChI=1S/C26H49NO5/c1-21(2)20-22(25(31)32-26(3,4)5)27-23(28)18-16-14-12-10-8-6-7-9-11-13-15-17-19-24(29)30/h21-22H,6-20H2,1-5H3,(H,27,28)(H,29,30). The Morgan fingerprint density at radius 2 is 1.16 bits per heavy atom. The molecule has 2 N–H and O–H groups in total. The summed E-state index contributed by atoms with van der Waals surface area (Å²) in [5.41, 5.74) is -0.557. The van der Waals surface area contributed by atoms with Gasteiger partial charge in [0.2, 0.25) is 5.91 Å². The number of rotatable bonds is 19. The van der Waals surface area contributed by atoms with Crippen LogP contribution in [-0.2, 0) is 19.1 Å². The first-order chi connectivity index (χ1) is 15.0. The minimum Gasteiger partial charge on any atom is -0.481 e. The van der Waals surface area contributed by atoms with Crippen LogP contribution < -0.4 is 5.32 Å². The lowest BCUT2D eigenvalue weighted by Gasteiger charge is -2.25. The van der Waals surface area contributed by atoms with Crippen molar-refractivity contribution in [2.24, 2.45) is 5.92 Å². The molecule has 0 fully saturated rings. The Labute approximate surface area is 196 Å². The van der Waals surface area contributed by atoms with E-state index in [1.165, 1.54) is 38.5 Å². The Morgan fingerprint density at radius 3 is 1.53 bits per heavy atom. The maximum Gasteiger partial charge on any atom is 0.329 e. The predicted octanol–water partition coefficient (Wildman–Crippen LogP) is 6.41. The van der Waals surface area contributed by atoms with Crippen LogP contribution in [-0.4, -0.2) is 34.6 Å². The first kappa shape index (κ1) is 30.4. The lowest BCUT2D eigenvalue weighted by Crippen LogP contribution is -2.44. The van der Waals surface area contributed by atoms with Crippen molar-refractivity contribution < 1.29 is 24.2 Å². The Balaban J connectivity index is 3.76. The van der Waals surface area contributed by atoms with Gasteiger partial charge >= 0.3 is 11.9 Å². The third-order valence-electron chi connectivity index (χ3n) is 5.28. The van der Waals surface area contributed by atoms with Gasteiger partial charge in [-0.25, -0.2) is 4.79 Å². The molecule has 188 valence electrons. The summed E-state index contributed by atoms with van der Waals surface area (Å²) in [6.45, 7) is 9.58. The molecule has 6 nitrogen and oxygen atoms in total. The number of unbranched alkanes of at least 4 members (excludes halogenated alkanes) is 11. The van der Waals surface area contributed by atoms with Gasteiger partial charge in [0.1, 0.15) is 11.6 Å². The predicted molar refractivity (Wildman–Crippen MR) is 130 cm³/mol. The van der Waals surface area contributed by atoms with Gasteiger partial charge in [0.15, 0.2) is 0 Å². The van der Waals surface area contributed by atoms with E-state index >= 15 is 0 Å². The van der Waals surface area contributed by atoms with Crippen molar-refractivity contribution >= 4 is 17.8 Å². The first-order valence-corrected chi connectivity index (χ1v) is 12.7. The van der Waals surface area contributed by atoms with Gasteiger partial charge in [0.05, 0.1) is 0 Å². The molecule has 0 aromatic heterocycles. The van der Waals surface area contributed by atoms with Crippen LogP contribution in [0, 0.1) is 5.92 Å². The molecule has 1 unspecified atom stereocenters. The van der Waals surface area contributed by atoms with E-state index < -0.39 is 17.6 Å². The summed E-state index contributed by atoms with van der Waals surface area (Å²) in [6.07, 6.45) is 14.7. The Kier molecular flexibility index (Phi) is 17.0. The number of hydrogen-bond acceptors (Lipinski definition) is 4. The highest BCUT2D eigenvalue weighted by Crippen LogP contribution is 2.15. The van der Waals surface area contributed by atoms with Crippen LogP contribution in [0.15, 0.2) is 0 Å². The lowest BCUT2D eigenvalue weighted by molar-refractivity contribution is -0.159. The number of nitrogens with one attached hydrogen (secondary N) is 1. The Bertz CT molecular complexity index is 525. The Morgan fingerprint density at radius 1 is 0.750 bits per heavy atom. The number of ether oxygens (including phenoxy) is 1. The number of amides is 1. The lowest BCUT2D eigenvalue weighted by atomic mass is 10.0. The smallest absolute Gasteiger partial charge is 0.329 e. The normalized spacial score (nSPS) is 12.6. The van der Waals surface area contributed by atoms with E-state index in [1.54, 1.807) is 0 Å². The molecule has 0 aromatic carbocycles. The van der Waals surface area contributed by atoms with Crippen molar-refractivity contribution in [2.75, 3.05) is 0 Å². The van der Waals surface area contributed by atoms with Crippen molar-refractivity contribution in [2.45, 2.75) is 143 Å². The maximum absolute atomic E-state index is 12.4. The third kappa shape index (κ3) is 20.3. The average Bonchev–Trinajstić information content (AvgIpc) is 2.65. The van der Waals surface area contributed by atoms with E-state index in [9.17, 15) is 14.4 Å². The van der Waals surface area contributed by atoms with Crippen LogP contribution in [0.25, 0.3) is 0 Å². The number of carbonyl (C=O) groups is 3. The highest BCUT2D eigenvalue weighted by molar-refractivity contribution is 5.84. The molecule has 0 bridgehead atoms. The summed E-state index contributed by atoms with van der Waals surface area (Å²) >= 11 is 0. The topological polar surface area (TPSA) is 92.7 Å². The van der Waals surface area contributed by atoms with Gasteiger partial charge in [-0.1, -0.05) is 78.1 Å². The summed E-state index contributed by atoms with van der Waals surface area (Å²) in [4.78, 5) is 35.1. The van der Waals surface area contributed by atoms with E-state index in [4.69, 9.17) is 9.84 Å². The van der Waals surface area contributed by atoms with Gasteiger partial charge < -0.3 is 15.2 Å². The maximum atomic E-state index is 12.4. The van der Waals surface area contributed by atoms with Crippen LogP contribution in [0.2, 0.25) is 0 Å². The third-order valence-corrected chi connectivity index (χ3v) is 5.28. The molecule has 0 aliphatic rings. The molecule has 0 aromatic rings. The molecule has 1 amide bonds. The zero-order valence-electron chi connectivity index (χ0n) is 21.3. The molecule has 0 spiro atoms. The monoisotopic (exact) mass is 455 g/mol. The van der Waals surface area contributed by atoms with Crippen molar-refractivity contribution in [3.8, 4) is 0 Å². The molecule has 0 rings (SSSR count). The molecule has 0 saturated heterocycles. The molecule has 0 aliphatic heterocycles. The van der Waals surface area contributed by atoms with E-state index in [0.29, 0.717) is 25.2 Å². The second kappa shape index (κ2) is 17.9. The van der Waals surface area contributed by atoms with Crippen molar-refractivity contribution in [1.82, 2.24) is 5.32 Å². The molecule has 6 heteroatoms. The largest absolute Gasteiger partial charge is 0.481 e. The van der Waals surface area contributed by atoms with Gasteiger partial charge in [0.25, 0.3) is 0 Å². The Hall–Kier alpha value is -1.59. The summed E-state index contributed by atoms with van der Waals surface area (Å²) in [5, 5.41) is 11.5. The molecular formula is C26H49NO5. The molecular weight excluding hydrogens is 406 g/mol. The van der Waals surface area contributed by atoms with Gasteiger partial charge in [-0.15, -0.1) is 0 Å². The fourth-order valence-corrected chi connectivity index (χ4v) is 3.65. The molecule has 0 saturated carbocycles. The first-order valence-electron chi connectivity index (χ1n) is 12.7. The highest BCUT2D eigenvalue weighted by Gasteiger charge is 2.27. The fraction of sp³-hybridized carbons (Fsp3) is 0.885. The number of carboxylic acids is 1. The highest BCUT2D eigenvalue weighted by atomic mass is 16.6. The quantitative estimate of drug-likeness (QED) is 0.173. The molecule has 32 heavy (non-hydrogen) atoms. The summed E-state index contributed by atoms with van der Waals surface area (Å²) in [6, 6.07) is -0.570. The van der Waals surface area contributed by atoms with Crippen LogP contribution in [0.5, 0.6) is 0 Å². The zero-order chi connectivity index (χ0) is 24.4. The van der Waals surface area contributed by atoms with Crippen LogP contribution in [0.3, 0.4) is 0 Å². The van der Waals surface area contributed by atoms with Crippen molar-refractivity contribution in [1.29, 1.82) is 0 Å². The number of carbonyl (C=O) groups excluding carboxylic acids is 2. The van der Waals surface area contributed by atoms with Gasteiger partial charge in [-0.05, 0) is 46.0 Å².